The normalized spacial score (nSPS) is 13.7. The first-order chi connectivity index (χ1) is 6.75. The highest BCUT2D eigenvalue weighted by molar-refractivity contribution is 7.88. The van der Waals surface area contributed by atoms with Crippen molar-refractivity contribution < 1.29 is 8.42 Å². The Balaban J connectivity index is 0. The van der Waals surface area contributed by atoms with Crippen molar-refractivity contribution in [1.82, 2.24) is 9.21 Å². The maximum Gasteiger partial charge on any atom is 0.211 e. The fourth-order valence-corrected chi connectivity index (χ4v) is 1.71. The van der Waals surface area contributed by atoms with E-state index in [0.29, 0.717) is 0 Å². The molecule has 1 atom stereocenters. The lowest BCUT2D eigenvalue weighted by molar-refractivity contribution is 0.317. The van der Waals surface area contributed by atoms with Gasteiger partial charge in [0.2, 0.25) is 10.0 Å². The lowest BCUT2D eigenvalue weighted by atomic mass is 10.2. The maximum atomic E-state index is 11.1. The van der Waals surface area contributed by atoms with Gasteiger partial charge < -0.3 is 4.90 Å². The smallest absolute Gasteiger partial charge is 0.211 e. The summed E-state index contributed by atoms with van der Waals surface area (Å²) in [5.74, 6) is 0. The van der Waals surface area contributed by atoms with Gasteiger partial charge in [-0.3, -0.25) is 0 Å². The maximum absolute atomic E-state index is 11.1. The second kappa shape index (κ2) is 8.07. The van der Waals surface area contributed by atoms with Gasteiger partial charge in [-0.1, -0.05) is 13.8 Å². The van der Waals surface area contributed by atoms with Gasteiger partial charge in [-0.15, -0.1) is 0 Å². The van der Waals surface area contributed by atoms with E-state index in [-0.39, 0.29) is 6.04 Å². The Morgan fingerprint density at radius 3 is 1.80 bits per heavy atom. The molecule has 0 aromatic rings. The minimum absolute atomic E-state index is 0.0670. The zero-order valence-corrected chi connectivity index (χ0v) is 11.9. The Kier molecular flexibility index (Phi) is 9.29. The second-order valence-corrected chi connectivity index (χ2v) is 5.76. The highest BCUT2D eigenvalue weighted by Crippen LogP contribution is 2.05. The van der Waals surface area contributed by atoms with Crippen LogP contribution in [-0.4, -0.2) is 57.6 Å². The van der Waals surface area contributed by atoms with Crippen molar-refractivity contribution in [3.8, 4) is 0 Å². The molecule has 0 bridgehead atoms. The molecule has 0 heterocycles. The fraction of sp³-hybridized carbons (Fsp3) is 1.00. The molecule has 15 heavy (non-hydrogen) atoms. The van der Waals surface area contributed by atoms with Crippen LogP contribution in [-0.2, 0) is 10.0 Å². The molecule has 5 heteroatoms. The summed E-state index contributed by atoms with van der Waals surface area (Å²) in [5, 5.41) is 0. The molecule has 0 spiro atoms. The molecule has 0 rings (SSSR count). The summed E-state index contributed by atoms with van der Waals surface area (Å²) < 4.78 is 23.7. The van der Waals surface area contributed by atoms with E-state index in [1.165, 1.54) is 10.6 Å². The second-order valence-electron chi connectivity index (χ2n) is 3.72. The van der Waals surface area contributed by atoms with Gasteiger partial charge in [-0.2, -0.15) is 0 Å². The zero-order valence-electron chi connectivity index (χ0n) is 11.1. The van der Waals surface area contributed by atoms with Crippen LogP contribution in [0.15, 0.2) is 0 Å². The molecule has 0 aliphatic carbocycles. The van der Waals surface area contributed by atoms with E-state index in [9.17, 15) is 8.42 Å². The van der Waals surface area contributed by atoms with Crippen molar-refractivity contribution in [3.63, 3.8) is 0 Å². The number of rotatable bonds is 5. The Bertz CT molecular complexity index is 238. The predicted octanol–water partition coefficient (Wildman–Crippen LogP) is 1.24. The quantitative estimate of drug-likeness (QED) is 0.723. The third-order valence-electron chi connectivity index (χ3n) is 2.14. The van der Waals surface area contributed by atoms with E-state index >= 15 is 0 Å². The predicted molar refractivity (Wildman–Crippen MR) is 66.6 cm³/mol. The van der Waals surface area contributed by atoms with Gasteiger partial charge in [-0.05, 0) is 34.0 Å². The van der Waals surface area contributed by atoms with Gasteiger partial charge in [0, 0.05) is 13.1 Å². The zero-order chi connectivity index (χ0) is 12.6. The van der Waals surface area contributed by atoms with Crippen molar-refractivity contribution in [2.45, 2.75) is 33.2 Å². The minimum Gasteiger partial charge on any atom is -0.309 e. The lowest BCUT2D eigenvalue weighted by Crippen LogP contribution is -2.36. The average molecular weight is 238 g/mol. The molecule has 0 radical (unpaired) electrons. The van der Waals surface area contributed by atoms with Crippen molar-refractivity contribution in [2.24, 2.45) is 0 Å². The van der Waals surface area contributed by atoms with Crippen molar-refractivity contribution in [3.05, 3.63) is 0 Å². The lowest BCUT2D eigenvalue weighted by Gasteiger charge is -2.23. The van der Waals surface area contributed by atoms with Gasteiger partial charge in [0.05, 0.1) is 6.26 Å². The molecule has 0 aliphatic heterocycles. The Morgan fingerprint density at radius 1 is 1.13 bits per heavy atom. The van der Waals surface area contributed by atoms with Crippen LogP contribution in [0, 0.1) is 0 Å². The van der Waals surface area contributed by atoms with Crippen LogP contribution in [0.3, 0.4) is 0 Å². The molecular weight excluding hydrogens is 212 g/mol. The van der Waals surface area contributed by atoms with Gasteiger partial charge in [0.1, 0.15) is 0 Å². The van der Waals surface area contributed by atoms with Crippen LogP contribution >= 0.6 is 0 Å². The van der Waals surface area contributed by atoms with Crippen LogP contribution in [0.25, 0.3) is 0 Å². The Labute approximate surface area is 95.3 Å². The number of hydrogen-bond acceptors (Lipinski definition) is 3. The Hall–Kier alpha value is -0.130. The third-order valence-corrected chi connectivity index (χ3v) is 3.54. The highest BCUT2D eigenvalue weighted by Gasteiger charge is 2.17. The fourth-order valence-electron chi connectivity index (χ4n) is 0.954. The molecule has 94 valence electrons. The molecule has 0 fully saturated rings. The van der Waals surface area contributed by atoms with Crippen LogP contribution in [0.4, 0.5) is 0 Å². The molecule has 0 aromatic heterocycles. The highest BCUT2D eigenvalue weighted by atomic mass is 32.2. The first kappa shape index (κ1) is 17.3. The first-order valence-corrected chi connectivity index (χ1v) is 7.17. The number of nitrogens with zero attached hydrogens (tertiary/aromatic N) is 2. The molecule has 0 amide bonds. The van der Waals surface area contributed by atoms with E-state index < -0.39 is 10.0 Å². The van der Waals surface area contributed by atoms with Crippen molar-refractivity contribution in [1.29, 1.82) is 0 Å². The van der Waals surface area contributed by atoms with Crippen LogP contribution < -0.4 is 0 Å². The molecular formula is C10H26N2O2S. The summed E-state index contributed by atoms with van der Waals surface area (Å²) >= 11 is 0. The molecule has 0 saturated heterocycles. The number of sulfonamides is 1. The molecule has 1 unspecified atom stereocenters. The van der Waals surface area contributed by atoms with Gasteiger partial charge in [0.15, 0.2) is 0 Å². The molecule has 0 N–H and O–H groups in total. The molecule has 0 aliphatic rings. The van der Waals surface area contributed by atoms with E-state index in [1.54, 1.807) is 7.05 Å². The van der Waals surface area contributed by atoms with Crippen molar-refractivity contribution in [2.75, 3.05) is 33.9 Å². The number of hydrogen-bond donors (Lipinski definition) is 0. The van der Waals surface area contributed by atoms with E-state index in [0.717, 1.165) is 13.0 Å². The largest absolute Gasteiger partial charge is 0.309 e. The van der Waals surface area contributed by atoms with Gasteiger partial charge in [-0.25, -0.2) is 12.7 Å². The summed E-state index contributed by atoms with van der Waals surface area (Å²) in [6, 6.07) is 0.0670. The van der Waals surface area contributed by atoms with Gasteiger partial charge >= 0.3 is 0 Å². The summed E-state index contributed by atoms with van der Waals surface area (Å²) in [7, 11) is 2.54. The van der Waals surface area contributed by atoms with E-state index in [4.69, 9.17) is 0 Å². The standard InChI is InChI=1S/C8H20N2O2S.C2H6/c1-8(6-7-9(2)3)10(4)13(5,11)12;1-2/h8H,6-7H2,1-5H3;1-2H3. The molecule has 0 aromatic carbocycles. The van der Waals surface area contributed by atoms with Gasteiger partial charge in [0.25, 0.3) is 0 Å². The summed E-state index contributed by atoms with van der Waals surface area (Å²) in [5.41, 5.74) is 0. The average Bonchev–Trinajstić information content (AvgIpc) is 2.14. The van der Waals surface area contributed by atoms with E-state index in [1.807, 2.05) is 39.8 Å². The van der Waals surface area contributed by atoms with Crippen LogP contribution in [0.1, 0.15) is 27.2 Å². The van der Waals surface area contributed by atoms with E-state index in [2.05, 4.69) is 0 Å². The SMILES string of the molecule is CC.CC(CCN(C)C)N(C)S(C)(=O)=O. The summed E-state index contributed by atoms with van der Waals surface area (Å²) in [6.07, 6.45) is 2.09. The van der Waals surface area contributed by atoms with Crippen LogP contribution in [0.2, 0.25) is 0 Å². The molecule has 0 saturated carbocycles. The monoisotopic (exact) mass is 238 g/mol. The third kappa shape index (κ3) is 8.84. The molecule has 4 nitrogen and oxygen atoms in total. The van der Waals surface area contributed by atoms with Crippen LogP contribution in [0.5, 0.6) is 0 Å². The van der Waals surface area contributed by atoms with Crippen molar-refractivity contribution >= 4 is 10.0 Å². The first-order valence-electron chi connectivity index (χ1n) is 5.33. The Morgan fingerprint density at radius 2 is 1.53 bits per heavy atom. The topological polar surface area (TPSA) is 40.6 Å². The minimum atomic E-state index is -3.04. The summed E-state index contributed by atoms with van der Waals surface area (Å²) in [6.45, 7) is 6.82. The summed E-state index contributed by atoms with van der Waals surface area (Å²) in [4.78, 5) is 2.05.